The van der Waals surface area contributed by atoms with Gasteiger partial charge >= 0.3 is 0 Å². The number of nitrogens with zero attached hydrogens (tertiary/aromatic N) is 2. The van der Waals surface area contributed by atoms with Gasteiger partial charge in [0.2, 0.25) is 0 Å². The zero-order chi connectivity index (χ0) is 15.3. The summed E-state index contributed by atoms with van der Waals surface area (Å²) in [5.74, 6) is 0. The van der Waals surface area contributed by atoms with E-state index in [1.807, 2.05) is 12.1 Å². The molecule has 1 aromatic carbocycles. The molecule has 3 heterocycles. The highest BCUT2D eigenvalue weighted by atomic mass is 35.5. The summed E-state index contributed by atoms with van der Waals surface area (Å²) in [4.78, 5) is 4.60. The molecular formula is C13H12Cl2N4O2S2. The molecule has 1 aliphatic rings. The molecule has 2 aromatic heterocycles. The van der Waals surface area contributed by atoms with Crippen molar-refractivity contribution < 1.29 is 8.42 Å². The molecule has 1 aliphatic heterocycles. The molecule has 23 heavy (non-hydrogen) atoms. The van der Waals surface area contributed by atoms with E-state index >= 15 is 0 Å². The molecule has 0 spiro atoms. The van der Waals surface area contributed by atoms with Crippen LogP contribution in [-0.4, -0.2) is 24.3 Å². The average Bonchev–Trinajstić information content (AvgIpc) is 3.11. The van der Waals surface area contributed by atoms with Gasteiger partial charge in [-0.1, -0.05) is 11.6 Å². The highest BCUT2D eigenvalue weighted by Crippen LogP contribution is 2.29. The number of nitrogens with one attached hydrogen (secondary N) is 2. The van der Waals surface area contributed by atoms with Crippen molar-refractivity contribution in [2.24, 2.45) is 0 Å². The Labute approximate surface area is 148 Å². The van der Waals surface area contributed by atoms with Crippen LogP contribution in [0.15, 0.2) is 34.8 Å². The number of rotatable bonds is 3. The summed E-state index contributed by atoms with van der Waals surface area (Å²) < 4.78 is 29.3. The van der Waals surface area contributed by atoms with E-state index in [1.165, 1.54) is 15.7 Å². The van der Waals surface area contributed by atoms with Crippen molar-refractivity contribution >= 4 is 61.7 Å². The van der Waals surface area contributed by atoms with Crippen molar-refractivity contribution in [2.75, 3.05) is 16.6 Å². The van der Waals surface area contributed by atoms with Gasteiger partial charge in [0.05, 0.1) is 0 Å². The number of hydrogen-bond acceptors (Lipinski definition) is 5. The summed E-state index contributed by atoms with van der Waals surface area (Å²) in [7, 11) is -3.81. The second kappa shape index (κ2) is 5.86. The lowest BCUT2D eigenvalue weighted by Gasteiger charge is -2.09. The third-order valence-corrected chi connectivity index (χ3v) is 6.04. The van der Waals surface area contributed by atoms with Gasteiger partial charge in [-0.3, -0.25) is 9.12 Å². The summed E-state index contributed by atoms with van der Waals surface area (Å²) >= 11 is 7.33. The maximum absolute atomic E-state index is 12.6. The third kappa shape index (κ3) is 2.76. The van der Waals surface area contributed by atoms with Crippen LogP contribution in [0.5, 0.6) is 0 Å². The second-order valence-corrected chi connectivity index (χ2v) is 7.75. The molecule has 0 saturated carbocycles. The molecule has 122 valence electrons. The highest BCUT2D eigenvalue weighted by Gasteiger charge is 2.25. The molecule has 0 bridgehead atoms. The first kappa shape index (κ1) is 16.4. The first-order valence-electron chi connectivity index (χ1n) is 6.55. The third-order valence-electron chi connectivity index (χ3n) is 3.50. The van der Waals surface area contributed by atoms with E-state index in [-0.39, 0.29) is 22.6 Å². The van der Waals surface area contributed by atoms with E-state index in [1.54, 1.807) is 17.6 Å². The Morgan fingerprint density at radius 3 is 3.04 bits per heavy atom. The average molecular weight is 391 g/mol. The van der Waals surface area contributed by atoms with E-state index in [2.05, 4.69) is 15.0 Å². The largest absolute Gasteiger partial charge is 0.384 e. The van der Waals surface area contributed by atoms with Crippen molar-refractivity contribution in [3.63, 3.8) is 0 Å². The number of aromatic nitrogens is 2. The number of benzene rings is 1. The summed E-state index contributed by atoms with van der Waals surface area (Å²) in [5.41, 5.74) is 2.66. The van der Waals surface area contributed by atoms with Crippen molar-refractivity contribution in [3.05, 3.63) is 40.5 Å². The smallest absolute Gasteiger partial charge is 0.281 e. The Morgan fingerprint density at radius 1 is 1.39 bits per heavy atom. The molecule has 3 aromatic rings. The Morgan fingerprint density at radius 2 is 2.22 bits per heavy atom. The first-order chi connectivity index (χ1) is 10.5. The SMILES string of the molecule is Cl.O=S(=O)(Nc1ccc2c(c1)CCN2)c1c(Cl)nc2sccn12. The Kier molecular flexibility index (Phi) is 4.18. The van der Waals surface area contributed by atoms with Gasteiger partial charge in [0.15, 0.2) is 15.1 Å². The van der Waals surface area contributed by atoms with E-state index in [9.17, 15) is 8.42 Å². The van der Waals surface area contributed by atoms with Crippen LogP contribution in [0.3, 0.4) is 0 Å². The van der Waals surface area contributed by atoms with Gasteiger partial charge in [0.25, 0.3) is 10.0 Å². The van der Waals surface area contributed by atoms with Crippen LogP contribution < -0.4 is 10.0 Å². The predicted molar refractivity (Wildman–Crippen MR) is 94.8 cm³/mol. The fraction of sp³-hybridized carbons (Fsp3) is 0.154. The van der Waals surface area contributed by atoms with Crippen LogP contribution in [-0.2, 0) is 16.4 Å². The van der Waals surface area contributed by atoms with Crippen LogP contribution in [0.25, 0.3) is 4.96 Å². The van der Waals surface area contributed by atoms with Crippen molar-refractivity contribution in [2.45, 2.75) is 11.4 Å². The molecule has 0 fully saturated rings. The Bertz CT molecular complexity index is 981. The first-order valence-corrected chi connectivity index (χ1v) is 9.29. The van der Waals surface area contributed by atoms with E-state index in [0.29, 0.717) is 10.6 Å². The van der Waals surface area contributed by atoms with E-state index in [4.69, 9.17) is 11.6 Å². The van der Waals surface area contributed by atoms with Gasteiger partial charge in [-0.25, -0.2) is 4.98 Å². The summed E-state index contributed by atoms with van der Waals surface area (Å²) in [6.07, 6.45) is 2.52. The normalized spacial score (nSPS) is 13.4. The molecule has 6 nitrogen and oxygen atoms in total. The number of halogens is 2. The van der Waals surface area contributed by atoms with Gasteiger partial charge in [0.1, 0.15) is 0 Å². The van der Waals surface area contributed by atoms with Crippen LogP contribution >= 0.6 is 35.3 Å². The number of imidazole rings is 1. The number of fused-ring (bicyclic) bond motifs is 2. The molecule has 0 aliphatic carbocycles. The second-order valence-electron chi connectivity index (χ2n) is 4.92. The molecule has 4 rings (SSSR count). The molecular weight excluding hydrogens is 379 g/mol. The summed E-state index contributed by atoms with van der Waals surface area (Å²) in [5, 5.41) is 4.94. The number of anilines is 2. The molecule has 0 atom stereocenters. The summed E-state index contributed by atoms with van der Waals surface area (Å²) in [6.45, 7) is 0.871. The lowest BCUT2D eigenvalue weighted by Crippen LogP contribution is -2.15. The number of sulfonamides is 1. The maximum Gasteiger partial charge on any atom is 0.281 e. The summed E-state index contributed by atoms with van der Waals surface area (Å²) in [6, 6.07) is 5.44. The van der Waals surface area contributed by atoms with Gasteiger partial charge in [0, 0.05) is 29.5 Å². The molecule has 10 heteroatoms. The van der Waals surface area contributed by atoms with Crippen molar-refractivity contribution in [3.8, 4) is 0 Å². The van der Waals surface area contributed by atoms with Crippen molar-refractivity contribution in [1.82, 2.24) is 9.38 Å². The molecule has 0 unspecified atom stereocenters. The Balaban J connectivity index is 0.00000156. The lowest BCUT2D eigenvalue weighted by molar-refractivity contribution is 0.596. The highest BCUT2D eigenvalue weighted by molar-refractivity contribution is 7.92. The standard InChI is InChI=1S/C13H11ClN4O2S2.ClH/c14-11-12(18-5-6-21-13(18)16-11)22(19,20)17-9-1-2-10-8(7-9)3-4-15-10;/h1-2,5-7,15,17H,3-4H2;1H. The lowest BCUT2D eigenvalue weighted by atomic mass is 10.1. The van der Waals surface area contributed by atoms with Crippen LogP contribution in [0.1, 0.15) is 5.56 Å². The fourth-order valence-electron chi connectivity index (χ4n) is 2.55. The maximum atomic E-state index is 12.6. The minimum atomic E-state index is -3.81. The predicted octanol–water partition coefficient (Wildman–Crippen LogP) is 3.24. The zero-order valence-corrected chi connectivity index (χ0v) is 14.8. The molecule has 0 radical (unpaired) electrons. The van der Waals surface area contributed by atoms with Gasteiger partial charge in [-0.2, -0.15) is 8.42 Å². The topological polar surface area (TPSA) is 75.5 Å². The number of hydrogen-bond donors (Lipinski definition) is 2. The molecule has 0 saturated heterocycles. The Hall–Kier alpha value is -1.48. The minimum absolute atomic E-state index is 0. The fourth-order valence-corrected chi connectivity index (χ4v) is 5.06. The van der Waals surface area contributed by atoms with Crippen molar-refractivity contribution in [1.29, 1.82) is 0 Å². The van der Waals surface area contributed by atoms with Crippen LogP contribution in [0.4, 0.5) is 11.4 Å². The van der Waals surface area contributed by atoms with E-state index in [0.717, 1.165) is 24.2 Å². The monoisotopic (exact) mass is 390 g/mol. The molecule has 2 N–H and O–H groups in total. The quantitative estimate of drug-likeness (QED) is 0.719. The minimum Gasteiger partial charge on any atom is -0.384 e. The van der Waals surface area contributed by atoms with Crippen LogP contribution in [0, 0.1) is 0 Å². The van der Waals surface area contributed by atoms with Gasteiger partial charge < -0.3 is 5.32 Å². The molecule has 0 amide bonds. The zero-order valence-electron chi connectivity index (χ0n) is 11.6. The van der Waals surface area contributed by atoms with Gasteiger partial charge in [-0.15, -0.1) is 23.7 Å². The number of thiazole rings is 1. The van der Waals surface area contributed by atoms with E-state index < -0.39 is 10.0 Å². The van der Waals surface area contributed by atoms with Gasteiger partial charge in [-0.05, 0) is 30.2 Å². The van der Waals surface area contributed by atoms with Crippen LogP contribution in [0.2, 0.25) is 5.15 Å².